The van der Waals surface area contributed by atoms with Crippen molar-refractivity contribution in [3.63, 3.8) is 0 Å². The summed E-state index contributed by atoms with van der Waals surface area (Å²) in [6.45, 7) is -0.515. The standard InChI is InChI=1S/C16H11N3O5S/c20-14-10-5-1-2-6-11(10)15(21)18(14)9-19-16(22)12-7-3-4-8-13(12)25(23,24)17-19/h1-8,17H,9H2. The molecule has 0 bridgehead atoms. The topological polar surface area (TPSA) is 104 Å². The minimum atomic E-state index is -3.96. The highest BCUT2D eigenvalue weighted by Crippen LogP contribution is 2.25. The Morgan fingerprint density at radius 1 is 0.760 bits per heavy atom. The maximum Gasteiger partial charge on any atom is 0.271 e. The number of sulfonamides is 1. The summed E-state index contributed by atoms with van der Waals surface area (Å²) in [6.07, 6.45) is 0. The molecule has 9 heteroatoms. The third-order valence-electron chi connectivity index (χ3n) is 4.04. The number of amides is 3. The molecule has 4 rings (SSSR count). The number of nitrogens with zero attached hydrogens (tertiary/aromatic N) is 2. The van der Waals surface area contributed by atoms with Crippen LogP contribution in [-0.2, 0) is 10.0 Å². The molecule has 0 fully saturated rings. The lowest BCUT2D eigenvalue weighted by atomic mass is 10.1. The van der Waals surface area contributed by atoms with Crippen molar-refractivity contribution >= 4 is 27.7 Å². The van der Waals surface area contributed by atoms with Gasteiger partial charge in [-0.1, -0.05) is 24.3 Å². The van der Waals surface area contributed by atoms with Gasteiger partial charge >= 0.3 is 0 Å². The fraction of sp³-hybridized carbons (Fsp3) is 0.0625. The van der Waals surface area contributed by atoms with E-state index in [2.05, 4.69) is 4.83 Å². The van der Waals surface area contributed by atoms with Crippen LogP contribution in [0.2, 0.25) is 0 Å². The molecule has 2 aromatic carbocycles. The number of benzene rings is 2. The average molecular weight is 357 g/mol. The number of nitrogens with one attached hydrogen (secondary N) is 1. The SMILES string of the molecule is O=C1c2ccccc2S(=O)(=O)NN1CN1C(=O)c2ccccc2C1=O. The molecular weight excluding hydrogens is 346 g/mol. The van der Waals surface area contributed by atoms with Crippen LogP contribution in [0.3, 0.4) is 0 Å². The van der Waals surface area contributed by atoms with E-state index in [-0.39, 0.29) is 21.6 Å². The maximum absolute atomic E-state index is 12.5. The summed E-state index contributed by atoms with van der Waals surface area (Å²) in [6, 6.07) is 12.0. The van der Waals surface area contributed by atoms with Crippen molar-refractivity contribution in [2.24, 2.45) is 0 Å². The third kappa shape index (κ3) is 2.24. The van der Waals surface area contributed by atoms with Crippen LogP contribution >= 0.6 is 0 Å². The lowest BCUT2D eigenvalue weighted by Gasteiger charge is -2.31. The molecule has 0 saturated carbocycles. The molecule has 0 atom stereocenters. The molecule has 2 aliphatic rings. The van der Waals surface area contributed by atoms with E-state index in [0.717, 1.165) is 9.91 Å². The number of carbonyl (C=O) groups excluding carboxylic acids is 3. The number of hydrogen-bond acceptors (Lipinski definition) is 5. The first kappa shape index (κ1) is 15.5. The highest BCUT2D eigenvalue weighted by atomic mass is 32.2. The van der Waals surface area contributed by atoms with E-state index >= 15 is 0 Å². The molecule has 3 amide bonds. The fourth-order valence-electron chi connectivity index (χ4n) is 2.86. The first-order valence-corrected chi connectivity index (χ1v) is 8.77. The molecule has 0 unspecified atom stereocenters. The normalized spacial score (nSPS) is 18.3. The van der Waals surface area contributed by atoms with Gasteiger partial charge in [0, 0.05) is 0 Å². The van der Waals surface area contributed by atoms with Crippen molar-refractivity contribution in [3.05, 3.63) is 65.2 Å². The van der Waals surface area contributed by atoms with Gasteiger partial charge in [0.25, 0.3) is 27.7 Å². The Labute approximate surface area is 142 Å². The Balaban J connectivity index is 1.68. The van der Waals surface area contributed by atoms with E-state index in [0.29, 0.717) is 0 Å². The van der Waals surface area contributed by atoms with Gasteiger partial charge in [0.05, 0.1) is 21.6 Å². The minimum Gasteiger partial charge on any atom is -0.269 e. The van der Waals surface area contributed by atoms with Crippen molar-refractivity contribution in [1.29, 1.82) is 0 Å². The van der Waals surface area contributed by atoms with E-state index in [9.17, 15) is 22.8 Å². The van der Waals surface area contributed by atoms with Crippen molar-refractivity contribution in [1.82, 2.24) is 14.7 Å². The van der Waals surface area contributed by atoms with Crippen LogP contribution in [0.5, 0.6) is 0 Å². The number of hydrazine groups is 1. The van der Waals surface area contributed by atoms with Gasteiger partial charge in [-0.05, 0) is 24.3 Å². The molecule has 25 heavy (non-hydrogen) atoms. The van der Waals surface area contributed by atoms with E-state index in [1.165, 1.54) is 36.4 Å². The number of rotatable bonds is 2. The van der Waals surface area contributed by atoms with Crippen molar-refractivity contribution in [2.75, 3.05) is 6.67 Å². The fourth-order valence-corrected chi connectivity index (χ4v) is 4.09. The van der Waals surface area contributed by atoms with Crippen LogP contribution in [0.15, 0.2) is 53.4 Å². The maximum atomic E-state index is 12.5. The smallest absolute Gasteiger partial charge is 0.269 e. The number of carbonyl (C=O) groups is 3. The Hall–Kier alpha value is -3.04. The zero-order chi connectivity index (χ0) is 17.8. The Morgan fingerprint density at radius 2 is 1.28 bits per heavy atom. The van der Waals surface area contributed by atoms with Crippen molar-refractivity contribution in [2.45, 2.75) is 4.90 Å². The summed E-state index contributed by atoms with van der Waals surface area (Å²) in [5.74, 6) is -1.79. The van der Waals surface area contributed by atoms with Gasteiger partial charge in [-0.3, -0.25) is 19.3 Å². The van der Waals surface area contributed by atoms with Gasteiger partial charge in [-0.2, -0.15) is 0 Å². The first-order valence-electron chi connectivity index (χ1n) is 7.29. The second kappa shape index (κ2) is 5.23. The largest absolute Gasteiger partial charge is 0.271 e. The summed E-state index contributed by atoms with van der Waals surface area (Å²) in [4.78, 5) is 40.1. The summed E-state index contributed by atoms with van der Waals surface area (Å²) in [7, 11) is -3.96. The second-order valence-corrected chi connectivity index (χ2v) is 7.18. The van der Waals surface area contributed by atoms with Crippen molar-refractivity contribution in [3.8, 4) is 0 Å². The molecule has 126 valence electrons. The predicted octanol–water partition coefficient (Wildman–Crippen LogP) is 0.589. The highest BCUT2D eigenvalue weighted by molar-refractivity contribution is 7.89. The van der Waals surface area contributed by atoms with Crippen LogP contribution < -0.4 is 4.83 Å². The summed E-state index contributed by atoms with van der Waals surface area (Å²) in [5.41, 5.74) is 0.429. The van der Waals surface area contributed by atoms with Crippen LogP contribution in [0.1, 0.15) is 31.1 Å². The van der Waals surface area contributed by atoms with Crippen LogP contribution in [0.25, 0.3) is 0 Å². The Bertz CT molecular complexity index is 1010. The molecule has 0 aliphatic carbocycles. The van der Waals surface area contributed by atoms with Gasteiger partial charge in [0.15, 0.2) is 0 Å². The van der Waals surface area contributed by atoms with Gasteiger partial charge in [0.2, 0.25) is 0 Å². The molecule has 0 aromatic heterocycles. The molecule has 2 heterocycles. The summed E-state index contributed by atoms with van der Waals surface area (Å²) >= 11 is 0. The van der Waals surface area contributed by atoms with Crippen LogP contribution in [-0.4, -0.2) is 42.7 Å². The molecule has 0 saturated heterocycles. The molecule has 2 aromatic rings. The lowest BCUT2D eigenvalue weighted by Crippen LogP contribution is -2.55. The van der Waals surface area contributed by atoms with E-state index < -0.39 is 34.4 Å². The number of imide groups is 1. The minimum absolute atomic E-state index is 0.0159. The van der Waals surface area contributed by atoms with Gasteiger partial charge in [-0.25, -0.2) is 13.4 Å². The molecule has 0 radical (unpaired) electrons. The molecular formula is C16H11N3O5S. The average Bonchev–Trinajstić information content (AvgIpc) is 2.85. The van der Waals surface area contributed by atoms with E-state index in [1.807, 2.05) is 0 Å². The summed E-state index contributed by atoms with van der Waals surface area (Å²) < 4.78 is 24.6. The quantitative estimate of drug-likeness (QED) is 0.792. The lowest BCUT2D eigenvalue weighted by molar-refractivity contribution is 0.0446. The Kier molecular flexibility index (Phi) is 3.24. The van der Waals surface area contributed by atoms with Gasteiger partial charge in [-0.15, -0.1) is 4.83 Å². The molecule has 2 aliphatic heterocycles. The third-order valence-corrected chi connectivity index (χ3v) is 5.44. The van der Waals surface area contributed by atoms with Crippen LogP contribution in [0.4, 0.5) is 0 Å². The number of hydrogen-bond donors (Lipinski definition) is 1. The zero-order valence-corrected chi connectivity index (χ0v) is 13.5. The monoisotopic (exact) mass is 357 g/mol. The van der Waals surface area contributed by atoms with E-state index in [4.69, 9.17) is 0 Å². The molecule has 8 nitrogen and oxygen atoms in total. The van der Waals surface area contributed by atoms with Gasteiger partial charge in [0.1, 0.15) is 6.67 Å². The predicted molar refractivity (Wildman–Crippen MR) is 84.7 cm³/mol. The van der Waals surface area contributed by atoms with E-state index in [1.54, 1.807) is 12.1 Å². The first-order chi connectivity index (χ1) is 11.9. The summed E-state index contributed by atoms with van der Waals surface area (Å²) in [5, 5.41) is 0.749. The van der Waals surface area contributed by atoms with Crippen molar-refractivity contribution < 1.29 is 22.8 Å². The second-order valence-electron chi connectivity index (χ2n) is 5.55. The Morgan fingerprint density at radius 3 is 1.88 bits per heavy atom. The van der Waals surface area contributed by atoms with Crippen LogP contribution in [0, 0.1) is 0 Å². The zero-order valence-electron chi connectivity index (χ0n) is 12.7. The number of fused-ring (bicyclic) bond motifs is 2. The van der Waals surface area contributed by atoms with Gasteiger partial charge < -0.3 is 0 Å². The molecule has 0 spiro atoms. The molecule has 1 N–H and O–H groups in total. The highest BCUT2D eigenvalue weighted by Gasteiger charge is 2.40.